The van der Waals surface area contributed by atoms with Gasteiger partial charge in [-0.25, -0.2) is 15.0 Å². The van der Waals surface area contributed by atoms with Crippen LogP contribution in [-0.4, -0.2) is 62.2 Å². The van der Waals surface area contributed by atoms with Gasteiger partial charge in [-0.3, -0.25) is 4.79 Å². The van der Waals surface area contributed by atoms with E-state index in [0.29, 0.717) is 12.4 Å². The Morgan fingerprint density at radius 1 is 1.05 bits per heavy atom. The van der Waals surface area contributed by atoms with Crippen LogP contribution in [0, 0.1) is 6.92 Å². The number of rotatable bonds is 6. The number of nitrogens with one attached hydrogen (secondary N) is 3. The summed E-state index contributed by atoms with van der Waals surface area (Å²) in [4.78, 5) is 36.3. The maximum absolute atomic E-state index is 12.6. The molecule has 5 aromatic rings. The highest BCUT2D eigenvalue weighted by molar-refractivity contribution is 5.94. The van der Waals surface area contributed by atoms with Gasteiger partial charge in [-0.15, -0.1) is 0 Å². The third-order valence-electron chi connectivity index (χ3n) is 7.27. The molecular weight excluding hydrogens is 518 g/mol. The van der Waals surface area contributed by atoms with Crippen LogP contribution in [0.5, 0.6) is 0 Å². The van der Waals surface area contributed by atoms with Gasteiger partial charge in [0.15, 0.2) is 5.82 Å². The molecule has 4 aromatic heterocycles. The molecule has 210 valence electrons. The fraction of sp³-hybridized carbons (Fsp3) is 0.333. The van der Waals surface area contributed by atoms with Gasteiger partial charge in [-0.2, -0.15) is 4.98 Å². The van der Waals surface area contributed by atoms with Crippen LogP contribution in [0.3, 0.4) is 0 Å². The molecule has 11 nitrogen and oxygen atoms in total. The average Bonchev–Trinajstić information content (AvgIpc) is 3.65. The third kappa shape index (κ3) is 5.53. The molecule has 11 heteroatoms. The molecule has 5 heterocycles. The van der Waals surface area contributed by atoms with E-state index in [0.717, 1.165) is 76.7 Å². The zero-order chi connectivity index (χ0) is 28.6. The molecule has 0 radical (unpaired) electrons. The summed E-state index contributed by atoms with van der Waals surface area (Å²) in [5, 5.41) is 11.1. The number of aromatic nitrogens is 6. The maximum Gasteiger partial charge on any atom is 0.315 e. The number of fused-ring (bicyclic) bond motifs is 1. The highest BCUT2D eigenvalue weighted by Crippen LogP contribution is 2.31. The zero-order valence-electron chi connectivity index (χ0n) is 23.7. The van der Waals surface area contributed by atoms with Gasteiger partial charge in [0.05, 0.1) is 5.69 Å². The van der Waals surface area contributed by atoms with Gasteiger partial charge < -0.3 is 25.0 Å². The van der Waals surface area contributed by atoms with Gasteiger partial charge in [0.2, 0.25) is 0 Å². The first kappa shape index (κ1) is 26.6. The Hall–Kier alpha value is -4.64. The number of H-pyrrole nitrogens is 1. The van der Waals surface area contributed by atoms with E-state index in [-0.39, 0.29) is 11.3 Å². The maximum atomic E-state index is 12.6. The van der Waals surface area contributed by atoms with Gasteiger partial charge in [0, 0.05) is 66.5 Å². The fourth-order valence-electron chi connectivity index (χ4n) is 4.86. The lowest BCUT2D eigenvalue weighted by Gasteiger charge is -2.28. The second-order valence-corrected chi connectivity index (χ2v) is 11.3. The molecule has 0 atom stereocenters. The van der Waals surface area contributed by atoms with E-state index in [1.165, 1.54) is 0 Å². The van der Waals surface area contributed by atoms with Crippen molar-refractivity contribution in [2.45, 2.75) is 39.7 Å². The molecule has 1 amide bonds. The Bertz CT molecular complexity index is 1690. The predicted octanol–water partition coefficient (Wildman–Crippen LogP) is 4.02. The molecule has 0 saturated carbocycles. The summed E-state index contributed by atoms with van der Waals surface area (Å²) in [7, 11) is 0. The van der Waals surface area contributed by atoms with Crippen molar-refractivity contribution in [2.24, 2.45) is 0 Å². The van der Waals surface area contributed by atoms with Crippen molar-refractivity contribution >= 4 is 22.8 Å². The predicted molar refractivity (Wildman–Crippen MR) is 157 cm³/mol. The summed E-state index contributed by atoms with van der Waals surface area (Å²) in [5.41, 5.74) is 6.20. The minimum Gasteiger partial charge on any atom is -0.354 e. The molecule has 1 aromatic carbocycles. The van der Waals surface area contributed by atoms with E-state index in [1.807, 2.05) is 46.0 Å². The number of benzene rings is 1. The summed E-state index contributed by atoms with van der Waals surface area (Å²) in [6, 6.07) is 12.3. The molecule has 6 rings (SSSR count). The largest absolute Gasteiger partial charge is 0.354 e. The van der Waals surface area contributed by atoms with Crippen molar-refractivity contribution < 1.29 is 9.32 Å². The van der Waals surface area contributed by atoms with Crippen molar-refractivity contribution in [1.29, 1.82) is 0 Å². The lowest BCUT2D eigenvalue weighted by atomic mass is 9.96. The Morgan fingerprint density at radius 2 is 1.85 bits per heavy atom. The fourth-order valence-corrected chi connectivity index (χ4v) is 4.86. The average molecular weight is 552 g/mol. The van der Waals surface area contributed by atoms with E-state index >= 15 is 0 Å². The first-order valence-corrected chi connectivity index (χ1v) is 13.7. The van der Waals surface area contributed by atoms with E-state index < -0.39 is 5.91 Å². The van der Waals surface area contributed by atoms with Crippen LogP contribution in [0.15, 0.2) is 53.4 Å². The molecule has 0 bridgehead atoms. The quantitative estimate of drug-likeness (QED) is 0.286. The number of piperazine rings is 1. The normalized spacial score (nSPS) is 14.0. The second kappa shape index (κ2) is 10.7. The first-order valence-electron chi connectivity index (χ1n) is 13.7. The molecule has 0 unspecified atom stereocenters. The summed E-state index contributed by atoms with van der Waals surface area (Å²) in [5.74, 6) is 1.05. The van der Waals surface area contributed by atoms with Crippen molar-refractivity contribution in [3.63, 3.8) is 0 Å². The summed E-state index contributed by atoms with van der Waals surface area (Å²) in [6.07, 6.45) is 3.48. The van der Waals surface area contributed by atoms with E-state index in [1.54, 1.807) is 6.33 Å². The lowest BCUT2D eigenvalue weighted by Crippen LogP contribution is -2.43. The minimum absolute atomic E-state index is 0.0375. The zero-order valence-corrected chi connectivity index (χ0v) is 23.7. The Morgan fingerprint density at radius 3 is 2.56 bits per heavy atom. The third-order valence-corrected chi connectivity index (χ3v) is 7.27. The van der Waals surface area contributed by atoms with Gasteiger partial charge in [0.1, 0.15) is 17.8 Å². The van der Waals surface area contributed by atoms with E-state index in [2.05, 4.69) is 64.9 Å². The van der Waals surface area contributed by atoms with Crippen LogP contribution >= 0.6 is 0 Å². The summed E-state index contributed by atoms with van der Waals surface area (Å²) < 4.78 is 5.16. The lowest BCUT2D eigenvalue weighted by molar-refractivity contribution is 0.0907. The number of hydrogen-bond acceptors (Lipinski definition) is 9. The molecule has 0 aliphatic carbocycles. The molecule has 1 saturated heterocycles. The Kier molecular flexibility index (Phi) is 6.96. The Balaban J connectivity index is 1.19. The Labute approximate surface area is 237 Å². The second-order valence-electron chi connectivity index (χ2n) is 11.3. The number of aromatic amines is 1. The number of aryl methyl sites for hydroxylation is 1. The molecule has 3 N–H and O–H groups in total. The molecule has 0 spiro atoms. The summed E-state index contributed by atoms with van der Waals surface area (Å²) >= 11 is 0. The van der Waals surface area contributed by atoms with Gasteiger partial charge in [-0.1, -0.05) is 38.1 Å². The molecular formula is C30H33N9O2. The number of anilines is 1. The van der Waals surface area contributed by atoms with Crippen LogP contribution in [0.2, 0.25) is 0 Å². The minimum atomic E-state index is -0.399. The van der Waals surface area contributed by atoms with Crippen LogP contribution < -0.4 is 15.5 Å². The standard InChI is InChI=1S/C30H33N9O2/c1-18-13-19(5-6-20(18)15-33-27(40)28-37-29(38-41-28)30(2,3)4)25-22-14-23(36-26(22)35-17-34-25)21-7-8-24(32-16-21)39-11-9-31-10-12-39/h5-8,13-14,16-17,31H,9-12,15H2,1-4H3,(H,33,40)(H,34,35,36). The number of pyridine rings is 1. The van der Waals surface area contributed by atoms with Crippen LogP contribution in [0.1, 0.15) is 48.4 Å². The SMILES string of the molecule is Cc1cc(-c2ncnc3[nH]c(-c4ccc(N5CCNCC5)nc4)cc23)ccc1CNC(=O)c1nc(C(C)(C)C)no1. The van der Waals surface area contributed by atoms with Crippen LogP contribution in [-0.2, 0) is 12.0 Å². The van der Waals surface area contributed by atoms with Gasteiger partial charge >= 0.3 is 11.8 Å². The number of amides is 1. The van der Waals surface area contributed by atoms with Crippen molar-refractivity contribution in [3.05, 3.63) is 71.8 Å². The molecule has 1 fully saturated rings. The van der Waals surface area contributed by atoms with Crippen molar-refractivity contribution in [3.8, 4) is 22.5 Å². The van der Waals surface area contributed by atoms with Crippen molar-refractivity contribution in [1.82, 2.24) is 40.7 Å². The molecule has 1 aliphatic heterocycles. The van der Waals surface area contributed by atoms with E-state index in [4.69, 9.17) is 9.51 Å². The van der Waals surface area contributed by atoms with Gasteiger partial charge in [0.25, 0.3) is 0 Å². The van der Waals surface area contributed by atoms with Crippen molar-refractivity contribution in [2.75, 3.05) is 31.1 Å². The smallest absolute Gasteiger partial charge is 0.315 e. The number of carbonyl (C=O) groups is 1. The van der Waals surface area contributed by atoms with Crippen LogP contribution in [0.25, 0.3) is 33.5 Å². The number of nitrogens with zero attached hydrogens (tertiary/aromatic N) is 6. The number of hydrogen-bond donors (Lipinski definition) is 3. The topological polar surface area (TPSA) is 138 Å². The first-order chi connectivity index (χ1) is 19.8. The monoisotopic (exact) mass is 551 g/mol. The van der Waals surface area contributed by atoms with E-state index in [9.17, 15) is 4.79 Å². The van der Waals surface area contributed by atoms with Gasteiger partial charge in [-0.05, 0) is 42.3 Å². The van der Waals surface area contributed by atoms with Crippen LogP contribution in [0.4, 0.5) is 5.82 Å². The number of carbonyl (C=O) groups excluding carboxylic acids is 1. The highest BCUT2D eigenvalue weighted by Gasteiger charge is 2.24. The molecule has 41 heavy (non-hydrogen) atoms. The molecule has 1 aliphatic rings. The summed E-state index contributed by atoms with van der Waals surface area (Å²) in [6.45, 7) is 12.1. The highest BCUT2D eigenvalue weighted by atomic mass is 16.5.